The van der Waals surface area contributed by atoms with Gasteiger partial charge in [-0.3, -0.25) is 14.5 Å². The lowest BCUT2D eigenvalue weighted by Gasteiger charge is -2.29. The molecule has 0 saturated carbocycles. The van der Waals surface area contributed by atoms with E-state index in [0.717, 1.165) is 38.5 Å². The van der Waals surface area contributed by atoms with E-state index in [2.05, 4.69) is 17.0 Å². The molecule has 1 atom stereocenters. The number of esters is 1. The molecule has 2 N–H and O–H groups in total. The summed E-state index contributed by atoms with van der Waals surface area (Å²) in [6.45, 7) is -1.20. The summed E-state index contributed by atoms with van der Waals surface area (Å²) < 4.78 is 5.13. The molecule has 1 fully saturated rings. The first-order valence-corrected chi connectivity index (χ1v) is 11.8. The number of rotatable bonds is 6. The smallest absolute Gasteiger partial charge is 0.326 e. The van der Waals surface area contributed by atoms with Crippen LogP contribution in [0.4, 0.5) is 11.4 Å². The van der Waals surface area contributed by atoms with E-state index in [9.17, 15) is 14.7 Å². The zero-order valence-corrected chi connectivity index (χ0v) is 19.5. The van der Waals surface area contributed by atoms with Crippen molar-refractivity contribution < 1.29 is 24.5 Å². The minimum absolute atomic E-state index is 0.266. The van der Waals surface area contributed by atoms with Crippen molar-refractivity contribution >= 4 is 69.4 Å². The van der Waals surface area contributed by atoms with Gasteiger partial charge in [0.15, 0.2) is 0 Å². The van der Waals surface area contributed by atoms with Crippen LogP contribution in [0.3, 0.4) is 0 Å². The molecule has 1 amide bonds. The first kappa shape index (κ1) is 22.8. The Labute approximate surface area is 199 Å². The number of hydrogen-bond acceptors (Lipinski definition) is 9. The van der Waals surface area contributed by atoms with Gasteiger partial charge in [-0.1, -0.05) is 53.9 Å². The summed E-state index contributed by atoms with van der Waals surface area (Å²) in [5.41, 5.74) is 3.10. The van der Waals surface area contributed by atoms with E-state index >= 15 is 0 Å². The number of aliphatic hydroxyl groups is 2. The number of amides is 1. The van der Waals surface area contributed by atoms with Crippen molar-refractivity contribution in [2.75, 3.05) is 31.7 Å². The van der Waals surface area contributed by atoms with Crippen LogP contribution < -0.4 is 4.90 Å². The normalized spacial score (nSPS) is 17.4. The standard InChI is InChI=1S/C22H20N2O5S3/c1-23-15-4-2-3-5-17(15)31-18-8-13(6-7-16(18)23)9-19-21(28)24(22(30)32-19)10-20(27)29-12-14(26)11-25/h2-9,14,25-26H,10-12H2,1H3/b19-9+. The number of fused-ring (bicyclic) bond motifs is 2. The number of anilines is 2. The van der Waals surface area contributed by atoms with Crippen LogP contribution in [-0.4, -0.2) is 64.2 Å². The SMILES string of the molecule is CN1c2ccccc2Sc2cc(/C=C3/SC(=S)N(CC(=O)OCC(O)CO)C3=O)ccc21. The van der Waals surface area contributed by atoms with Crippen molar-refractivity contribution in [3.05, 3.63) is 52.9 Å². The predicted octanol–water partition coefficient (Wildman–Crippen LogP) is 3.02. The van der Waals surface area contributed by atoms with Gasteiger partial charge in [0.05, 0.1) is 22.9 Å². The lowest BCUT2D eigenvalue weighted by Crippen LogP contribution is -2.35. The van der Waals surface area contributed by atoms with Crippen LogP contribution in [0.15, 0.2) is 57.2 Å². The van der Waals surface area contributed by atoms with Crippen molar-refractivity contribution in [1.29, 1.82) is 0 Å². The summed E-state index contributed by atoms with van der Waals surface area (Å²) in [5, 5.41) is 18.1. The van der Waals surface area contributed by atoms with Gasteiger partial charge in [0.25, 0.3) is 5.91 Å². The topological polar surface area (TPSA) is 90.3 Å². The molecule has 0 aromatic heterocycles. The van der Waals surface area contributed by atoms with E-state index < -0.39 is 18.7 Å². The number of ether oxygens (including phenoxy) is 1. The summed E-state index contributed by atoms with van der Waals surface area (Å²) in [4.78, 5) is 30.7. The molecular weight excluding hydrogens is 468 g/mol. The molecule has 0 radical (unpaired) electrons. The van der Waals surface area contributed by atoms with E-state index in [-0.39, 0.29) is 23.4 Å². The van der Waals surface area contributed by atoms with Gasteiger partial charge in [-0.25, -0.2) is 0 Å². The second-order valence-electron chi connectivity index (χ2n) is 7.14. The minimum Gasteiger partial charge on any atom is -0.462 e. The van der Waals surface area contributed by atoms with Crippen molar-refractivity contribution in [3.8, 4) is 0 Å². The third kappa shape index (κ3) is 4.69. The third-order valence-corrected chi connectivity index (χ3v) is 7.39. The van der Waals surface area contributed by atoms with Crippen molar-refractivity contribution in [1.82, 2.24) is 4.90 Å². The fourth-order valence-electron chi connectivity index (χ4n) is 3.25. The number of hydrogen-bond donors (Lipinski definition) is 2. The summed E-state index contributed by atoms with van der Waals surface area (Å²) in [7, 11) is 2.03. The van der Waals surface area contributed by atoms with E-state index in [1.807, 2.05) is 37.4 Å². The van der Waals surface area contributed by atoms with Gasteiger partial charge < -0.3 is 19.8 Å². The highest BCUT2D eigenvalue weighted by atomic mass is 32.2. The first-order chi connectivity index (χ1) is 15.4. The van der Waals surface area contributed by atoms with Gasteiger partial charge in [-0.2, -0.15) is 0 Å². The van der Waals surface area contributed by atoms with Gasteiger partial charge in [0.1, 0.15) is 23.6 Å². The number of carbonyl (C=O) groups excluding carboxylic acids is 2. The molecule has 2 aliphatic rings. The van der Waals surface area contributed by atoms with Crippen LogP contribution in [0.25, 0.3) is 6.08 Å². The zero-order chi connectivity index (χ0) is 22.8. The number of carbonyl (C=O) groups is 2. The fourth-order valence-corrected chi connectivity index (χ4v) is 5.71. The molecule has 0 bridgehead atoms. The Kier molecular flexibility index (Phi) is 6.87. The zero-order valence-electron chi connectivity index (χ0n) is 17.1. The summed E-state index contributed by atoms with van der Waals surface area (Å²) >= 11 is 8.07. The maximum absolute atomic E-state index is 12.8. The molecule has 1 unspecified atom stereocenters. The molecule has 2 aromatic carbocycles. The Morgan fingerprint density at radius 1 is 1.19 bits per heavy atom. The average molecular weight is 489 g/mol. The maximum atomic E-state index is 12.8. The molecule has 1 saturated heterocycles. The highest BCUT2D eigenvalue weighted by Crippen LogP contribution is 2.47. The Bertz CT molecular complexity index is 1120. The maximum Gasteiger partial charge on any atom is 0.326 e. The van der Waals surface area contributed by atoms with Crippen LogP contribution in [0.2, 0.25) is 0 Å². The number of aliphatic hydroxyl groups excluding tert-OH is 2. The fraction of sp³-hybridized carbons (Fsp3) is 0.227. The number of thiocarbonyl (C=S) groups is 1. The first-order valence-electron chi connectivity index (χ1n) is 9.72. The molecule has 0 aliphatic carbocycles. The average Bonchev–Trinajstić information content (AvgIpc) is 3.04. The molecule has 2 aliphatic heterocycles. The number of nitrogens with zero attached hydrogens (tertiary/aromatic N) is 2. The number of thioether (sulfide) groups is 1. The van der Waals surface area contributed by atoms with Crippen molar-refractivity contribution in [2.45, 2.75) is 15.9 Å². The molecule has 0 spiro atoms. The van der Waals surface area contributed by atoms with Crippen LogP contribution in [0.5, 0.6) is 0 Å². The van der Waals surface area contributed by atoms with E-state index in [4.69, 9.17) is 22.1 Å². The Balaban J connectivity index is 1.49. The van der Waals surface area contributed by atoms with Gasteiger partial charge in [-0.15, -0.1) is 0 Å². The Morgan fingerprint density at radius 3 is 2.72 bits per heavy atom. The highest BCUT2D eigenvalue weighted by molar-refractivity contribution is 8.26. The lowest BCUT2D eigenvalue weighted by molar-refractivity contribution is -0.149. The molecule has 4 rings (SSSR count). The van der Waals surface area contributed by atoms with E-state index in [1.165, 1.54) is 4.90 Å². The number of benzene rings is 2. The van der Waals surface area contributed by atoms with Crippen molar-refractivity contribution in [2.24, 2.45) is 0 Å². The summed E-state index contributed by atoms with van der Waals surface area (Å²) in [5.74, 6) is -1.07. The third-order valence-electron chi connectivity index (χ3n) is 4.90. The van der Waals surface area contributed by atoms with Crippen LogP contribution >= 0.6 is 35.7 Å². The molecule has 166 valence electrons. The molecular formula is C22H20N2O5S3. The largest absolute Gasteiger partial charge is 0.462 e. The van der Waals surface area contributed by atoms with E-state index in [1.54, 1.807) is 17.8 Å². The van der Waals surface area contributed by atoms with Gasteiger partial charge in [0, 0.05) is 16.8 Å². The molecule has 10 heteroatoms. The van der Waals surface area contributed by atoms with Gasteiger partial charge in [0.2, 0.25) is 0 Å². The summed E-state index contributed by atoms with van der Waals surface area (Å²) in [6, 6.07) is 14.2. The number of para-hydroxylation sites is 1. The van der Waals surface area contributed by atoms with Gasteiger partial charge in [-0.05, 0) is 35.9 Å². The highest BCUT2D eigenvalue weighted by Gasteiger charge is 2.34. The van der Waals surface area contributed by atoms with Gasteiger partial charge >= 0.3 is 5.97 Å². The predicted molar refractivity (Wildman–Crippen MR) is 129 cm³/mol. The molecule has 32 heavy (non-hydrogen) atoms. The quantitative estimate of drug-likeness (QED) is 0.362. The Morgan fingerprint density at radius 2 is 1.94 bits per heavy atom. The molecule has 2 heterocycles. The van der Waals surface area contributed by atoms with Crippen molar-refractivity contribution in [3.63, 3.8) is 0 Å². The van der Waals surface area contributed by atoms with Crippen LogP contribution in [-0.2, 0) is 14.3 Å². The molecule has 7 nitrogen and oxygen atoms in total. The monoisotopic (exact) mass is 488 g/mol. The van der Waals surface area contributed by atoms with E-state index in [0.29, 0.717) is 4.91 Å². The second kappa shape index (κ2) is 9.63. The molecule has 2 aromatic rings. The minimum atomic E-state index is -1.15. The summed E-state index contributed by atoms with van der Waals surface area (Å²) in [6.07, 6.45) is 0.611. The Hall–Kier alpha value is -2.37. The van der Waals surface area contributed by atoms with Crippen LogP contribution in [0.1, 0.15) is 5.56 Å². The second-order valence-corrected chi connectivity index (χ2v) is 9.90. The van der Waals surface area contributed by atoms with Crippen LogP contribution in [0, 0.1) is 0 Å². The lowest BCUT2D eigenvalue weighted by atomic mass is 10.1.